The molecule has 1 saturated heterocycles. The second-order valence-corrected chi connectivity index (χ2v) is 6.95. The number of halogens is 1. The number of benzene rings is 2. The average Bonchev–Trinajstić information content (AvgIpc) is 2.92. The van der Waals surface area contributed by atoms with Crippen molar-refractivity contribution in [2.75, 3.05) is 26.1 Å². The molecule has 8 nitrogen and oxygen atoms in total. The first-order valence-corrected chi connectivity index (χ1v) is 9.09. The Labute approximate surface area is 172 Å². The van der Waals surface area contributed by atoms with Crippen LogP contribution < -0.4 is 20.1 Å². The van der Waals surface area contributed by atoms with E-state index in [1.54, 1.807) is 49.4 Å². The third kappa shape index (κ3) is 3.84. The van der Waals surface area contributed by atoms with Crippen LogP contribution >= 0.6 is 11.6 Å². The fourth-order valence-electron chi connectivity index (χ4n) is 3.12. The molecule has 2 N–H and O–H groups in total. The summed E-state index contributed by atoms with van der Waals surface area (Å²) in [6, 6.07) is 10.9. The average molecular weight is 418 g/mol. The van der Waals surface area contributed by atoms with E-state index in [1.807, 2.05) is 0 Å². The molecule has 1 aliphatic rings. The SMILES string of the molecule is COc1ccc(NC(=O)CN2C(=O)N[C@@](C)(c3ccccc3Cl)C2=O)c(OC)c1. The molecule has 2 aromatic carbocycles. The first kappa shape index (κ1) is 20.5. The number of anilines is 1. The van der Waals surface area contributed by atoms with Gasteiger partial charge >= 0.3 is 6.03 Å². The van der Waals surface area contributed by atoms with E-state index in [1.165, 1.54) is 14.2 Å². The Kier molecular flexibility index (Phi) is 5.65. The van der Waals surface area contributed by atoms with E-state index in [0.29, 0.717) is 27.8 Å². The van der Waals surface area contributed by atoms with Gasteiger partial charge in [-0.3, -0.25) is 14.5 Å². The minimum atomic E-state index is -1.35. The van der Waals surface area contributed by atoms with Crippen LogP contribution in [0.15, 0.2) is 42.5 Å². The number of methoxy groups -OCH3 is 2. The van der Waals surface area contributed by atoms with Crippen LogP contribution in [-0.4, -0.2) is 43.5 Å². The second-order valence-electron chi connectivity index (χ2n) is 6.54. The highest BCUT2D eigenvalue weighted by molar-refractivity contribution is 6.32. The van der Waals surface area contributed by atoms with Gasteiger partial charge in [-0.15, -0.1) is 0 Å². The van der Waals surface area contributed by atoms with Gasteiger partial charge in [0.1, 0.15) is 23.6 Å². The van der Waals surface area contributed by atoms with Crippen LogP contribution in [0.2, 0.25) is 5.02 Å². The molecule has 1 aliphatic heterocycles. The number of hydrogen-bond donors (Lipinski definition) is 2. The quantitative estimate of drug-likeness (QED) is 0.704. The highest BCUT2D eigenvalue weighted by Gasteiger charge is 2.50. The van der Waals surface area contributed by atoms with Gasteiger partial charge in [0.2, 0.25) is 5.91 Å². The van der Waals surface area contributed by atoms with E-state index >= 15 is 0 Å². The summed E-state index contributed by atoms with van der Waals surface area (Å²) < 4.78 is 10.4. The van der Waals surface area contributed by atoms with Gasteiger partial charge in [0.15, 0.2) is 0 Å². The van der Waals surface area contributed by atoms with Gasteiger partial charge in [-0.1, -0.05) is 29.8 Å². The van der Waals surface area contributed by atoms with Gasteiger partial charge in [0, 0.05) is 16.7 Å². The molecule has 0 spiro atoms. The first-order valence-electron chi connectivity index (χ1n) is 8.71. The molecular formula is C20H20ClN3O5. The summed E-state index contributed by atoms with van der Waals surface area (Å²) in [4.78, 5) is 38.7. The molecule has 0 aliphatic carbocycles. The van der Waals surface area contributed by atoms with Crippen LogP contribution in [0, 0.1) is 0 Å². The lowest BCUT2D eigenvalue weighted by Crippen LogP contribution is -2.42. The summed E-state index contributed by atoms with van der Waals surface area (Å²) in [7, 11) is 2.97. The van der Waals surface area contributed by atoms with E-state index in [4.69, 9.17) is 21.1 Å². The minimum absolute atomic E-state index is 0.345. The maximum atomic E-state index is 12.9. The number of hydrogen-bond acceptors (Lipinski definition) is 5. The van der Waals surface area contributed by atoms with Crippen LogP contribution in [0.25, 0.3) is 0 Å². The van der Waals surface area contributed by atoms with Gasteiger partial charge < -0.3 is 20.1 Å². The number of nitrogens with zero attached hydrogens (tertiary/aromatic N) is 1. The number of amides is 4. The Morgan fingerprint density at radius 1 is 1.17 bits per heavy atom. The molecule has 0 bridgehead atoms. The van der Waals surface area contributed by atoms with Gasteiger partial charge in [0.25, 0.3) is 5.91 Å². The maximum Gasteiger partial charge on any atom is 0.325 e. The molecular weight excluding hydrogens is 398 g/mol. The number of imide groups is 1. The van der Waals surface area contributed by atoms with Crippen molar-refractivity contribution >= 4 is 35.1 Å². The van der Waals surface area contributed by atoms with Gasteiger partial charge in [0.05, 0.1) is 19.9 Å². The lowest BCUT2D eigenvalue weighted by Gasteiger charge is -2.23. The maximum absolute atomic E-state index is 12.9. The first-order chi connectivity index (χ1) is 13.8. The predicted molar refractivity (Wildman–Crippen MR) is 107 cm³/mol. The number of carbonyl (C=O) groups is 3. The van der Waals surface area contributed by atoms with Crippen molar-refractivity contribution in [2.45, 2.75) is 12.5 Å². The summed E-state index contributed by atoms with van der Waals surface area (Å²) in [6.07, 6.45) is 0. The van der Waals surface area contributed by atoms with Gasteiger partial charge in [-0.2, -0.15) is 0 Å². The molecule has 0 aromatic heterocycles. The second kappa shape index (κ2) is 8.00. The standard InChI is InChI=1S/C20H20ClN3O5/c1-20(13-6-4-5-7-14(13)21)18(26)24(19(27)23-20)11-17(25)22-15-9-8-12(28-2)10-16(15)29-3/h4-10H,11H2,1-3H3,(H,22,25)(H,23,27)/t20-/m0/s1. The van der Waals surface area contributed by atoms with Crippen LogP contribution in [0.5, 0.6) is 11.5 Å². The molecule has 0 radical (unpaired) electrons. The zero-order valence-corrected chi connectivity index (χ0v) is 16.9. The van der Waals surface area contributed by atoms with Crippen molar-refractivity contribution in [2.24, 2.45) is 0 Å². The van der Waals surface area contributed by atoms with Crippen LogP contribution in [0.3, 0.4) is 0 Å². The molecule has 1 fully saturated rings. The largest absolute Gasteiger partial charge is 0.497 e. The van der Waals surface area contributed by atoms with Crippen molar-refractivity contribution in [1.82, 2.24) is 10.2 Å². The summed E-state index contributed by atoms with van der Waals surface area (Å²) in [5.74, 6) is -0.173. The van der Waals surface area contributed by atoms with Crippen LogP contribution in [0.1, 0.15) is 12.5 Å². The Morgan fingerprint density at radius 2 is 1.90 bits per heavy atom. The molecule has 2 aromatic rings. The number of rotatable bonds is 6. The van der Waals surface area contributed by atoms with Gasteiger partial charge in [-0.25, -0.2) is 4.79 Å². The van der Waals surface area contributed by atoms with E-state index in [-0.39, 0.29) is 0 Å². The summed E-state index contributed by atoms with van der Waals surface area (Å²) in [5, 5.41) is 5.61. The lowest BCUT2D eigenvalue weighted by molar-refractivity contribution is -0.133. The van der Waals surface area contributed by atoms with E-state index in [9.17, 15) is 14.4 Å². The van der Waals surface area contributed by atoms with Crippen LogP contribution in [-0.2, 0) is 15.1 Å². The monoisotopic (exact) mass is 417 g/mol. The highest BCUT2D eigenvalue weighted by Crippen LogP contribution is 2.33. The third-order valence-corrected chi connectivity index (χ3v) is 5.00. The summed E-state index contributed by atoms with van der Waals surface area (Å²) in [6.45, 7) is 1.10. The molecule has 0 saturated carbocycles. The number of ether oxygens (including phenoxy) is 2. The van der Waals surface area contributed by atoms with Gasteiger partial charge in [-0.05, 0) is 25.1 Å². The van der Waals surface area contributed by atoms with Crippen molar-refractivity contribution in [3.63, 3.8) is 0 Å². The summed E-state index contributed by atoms with van der Waals surface area (Å²) in [5.41, 5.74) is -0.507. The zero-order chi connectivity index (χ0) is 21.2. The minimum Gasteiger partial charge on any atom is -0.497 e. The Hall–Kier alpha value is -3.26. The molecule has 0 unspecified atom stereocenters. The normalized spacial score (nSPS) is 18.4. The van der Waals surface area contributed by atoms with E-state index in [2.05, 4.69) is 10.6 Å². The number of nitrogens with one attached hydrogen (secondary N) is 2. The molecule has 29 heavy (non-hydrogen) atoms. The molecule has 4 amide bonds. The Bertz CT molecular complexity index is 980. The molecule has 3 rings (SSSR count). The van der Waals surface area contributed by atoms with Crippen molar-refractivity contribution in [1.29, 1.82) is 0 Å². The molecule has 1 atom stereocenters. The predicted octanol–water partition coefficient (Wildman–Crippen LogP) is 2.76. The molecule has 9 heteroatoms. The highest BCUT2D eigenvalue weighted by atomic mass is 35.5. The smallest absolute Gasteiger partial charge is 0.325 e. The van der Waals surface area contributed by atoms with E-state index in [0.717, 1.165) is 4.90 Å². The van der Waals surface area contributed by atoms with E-state index < -0.39 is 29.9 Å². The van der Waals surface area contributed by atoms with Crippen molar-refractivity contribution < 1.29 is 23.9 Å². The fraction of sp³-hybridized carbons (Fsp3) is 0.250. The zero-order valence-electron chi connectivity index (χ0n) is 16.1. The van der Waals surface area contributed by atoms with Crippen LogP contribution in [0.4, 0.5) is 10.5 Å². The fourth-order valence-corrected chi connectivity index (χ4v) is 3.45. The summed E-state index contributed by atoms with van der Waals surface area (Å²) >= 11 is 6.20. The number of urea groups is 1. The van der Waals surface area contributed by atoms with Crippen molar-refractivity contribution in [3.05, 3.63) is 53.1 Å². The van der Waals surface area contributed by atoms with Crippen molar-refractivity contribution in [3.8, 4) is 11.5 Å². The topological polar surface area (TPSA) is 97.0 Å². The molecule has 1 heterocycles. The Balaban J connectivity index is 1.77. The third-order valence-electron chi connectivity index (χ3n) is 4.67. The molecule has 152 valence electrons. The lowest BCUT2D eigenvalue weighted by atomic mass is 9.92. The number of carbonyl (C=O) groups excluding carboxylic acids is 3. The Morgan fingerprint density at radius 3 is 2.55 bits per heavy atom.